The number of Topliss-reactive ketones (excluding diaryl/α,β-unsaturated/α-hetero) is 1. The monoisotopic (exact) mass is 418 g/mol. The molecule has 0 spiro atoms. The molecule has 1 aliphatic heterocycles. The maximum absolute atomic E-state index is 12.9. The minimum Gasteiger partial charge on any atom is -0.362 e. The highest BCUT2D eigenvalue weighted by Gasteiger charge is 2.44. The molecule has 2 heterocycles. The van der Waals surface area contributed by atoms with Crippen molar-refractivity contribution < 1.29 is 4.79 Å². The summed E-state index contributed by atoms with van der Waals surface area (Å²) in [5, 5.41) is 0. The number of carbonyl (C=O) groups excluding carboxylic acids is 1. The highest BCUT2D eigenvalue weighted by atomic mass is 16.1. The van der Waals surface area contributed by atoms with E-state index >= 15 is 0 Å². The van der Waals surface area contributed by atoms with Crippen LogP contribution in [0.2, 0.25) is 0 Å². The van der Waals surface area contributed by atoms with Gasteiger partial charge in [-0.3, -0.25) is 9.69 Å². The zero-order valence-corrected chi connectivity index (χ0v) is 17.9. The van der Waals surface area contributed by atoms with Gasteiger partial charge in [0, 0.05) is 37.0 Å². The van der Waals surface area contributed by atoms with Gasteiger partial charge in [0.2, 0.25) is 0 Å². The maximum Gasteiger partial charge on any atom is 0.161 e. The molecule has 0 atom stereocenters. The molecule has 32 heavy (non-hydrogen) atoms. The molecule has 0 radical (unpaired) electrons. The quantitative estimate of drug-likeness (QED) is 0.335. The lowest BCUT2D eigenvalue weighted by molar-refractivity contribution is -0.117. The molecule has 1 saturated heterocycles. The van der Waals surface area contributed by atoms with Crippen molar-refractivity contribution in [1.82, 2.24) is 9.88 Å². The zero-order chi connectivity index (χ0) is 21.8. The molecule has 1 N–H and O–H groups in total. The number of ketones is 1. The van der Waals surface area contributed by atoms with Crippen LogP contribution in [0, 0.1) is 0 Å². The Morgan fingerprint density at radius 3 is 1.72 bits per heavy atom. The summed E-state index contributed by atoms with van der Waals surface area (Å²) in [6.45, 7) is 1.27. The molecule has 3 heteroatoms. The molecule has 5 rings (SSSR count). The Balaban J connectivity index is 1.72. The van der Waals surface area contributed by atoms with Gasteiger partial charge in [0.15, 0.2) is 5.78 Å². The van der Waals surface area contributed by atoms with Crippen LogP contribution in [-0.4, -0.2) is 28.8 Å². The van der Waals surface area contributed by atoms with E-state index in [0.29, 0.717) is 19.5 Å². The van der Waals surface area contributed by atoms with E-state index in [1.807, 2.05) is 24.4 Å². The lowest BCUT2D eigenvalue weighted by atomic mass is 9.74. The van der Waals surface area contributed by atoms with Crippen LogP contribution in [-0.2, 0) is 10.3 Å². The van der Waals surface area contributed by atoms with Crippen molar-refractivity contribution in [3.63, 3.8) is 0 Å². The molecule has 158 valence electrons. The predicted octanol–water partition coefficient (Wildman–Crippen LogP) is 5.67. The number of nitrogens with zero attached hydrogens (tertiary/aromatic N) is 1. The summed E-state index contributed by atoms with van der Waals surface area (Å²) in [5.74, 6) is 0.221. The fourth-order valence-corrected chi connectivity index (χ4v) is 4.89. The standard InChI is InChI=1S/C29H26N2O/c32-28-18-20-31(22-23(28)21-27-17-10-19-30-27)29(24-11-4-1-5-12-24,25-13-6-2-7-14-25)26-15-8-3-9-16-26/h1-17,19,21,30H,18,20,22H2/b23-21-. The van der Waals surface area contributed by atoms with E-state index in [9.17, 15) is 4.79 Å². The Bertz CT molecular complexity index is 1100. The van der Waals surface area contributed by atoms with Gasteiger partial charge in [0.25, 0.3) is 0 Å². The topological polar surface area (TPSA) is 36.1 Å². The van der Waals surface area contributed by atoms with Crippen molar-refractivity contribution in [1.29, 1.82) is 0 Å². The summed E-state index contributed by atoms with van der Waals surface area (Å²) >= 11 is 0. The molecule has 1 aromatic heterocycles. The lowest BCUT2D eigenvalue weighted by Crippen LogP contribution is -2.52. The number of piperidine rings is 1. The van der Waals surface area contributed by atoms with Crippen LogP contribution < -0.4 is 0 Å². The Kier molecular flexibility index (Phi) is 5.57. The molecule has 3 aromatic carbocycles. The normalized spacial score (nSPS) is 16.4. The first-order valence-corrected chi connectivity index (χ1v) is 11.1. The van der Waals surface area contributed by atoms with E-state index in [2.05, 4.69) is 101 Å². The van der Waals surface area contributed by atoms with E-state index in [1.165, 1.54) is 16.7 Å². The van der Waals surface area contributed by atoms with Gasteiger partial charge in [-0.05, 0) is 34.9 Å². The highest BCUT2D eigenvalue weighted by Crippen LogP contribution is 2.43. The predicted molar refractivity (Wildman–Crippen MR) is 129 cm³/mol. The number of rotatable bonds is 5. The number of hydrogen-bond donors (Lipinski definition) is 1. The van der Waals surface area contributed by atoms with Crippen LogP contribution in [0.1, 0.15) is 28.8 Å². The number of benzene rings is 3. The third kappa shape index (κ3) is 3.61. The smallest absolute Gasteiger partial charge is 0.161 e. The number of aromatic amines is 1. The molecular weight excluding hydrogens is 392 g/mol. The van der Waals surface area contributed by atoms with Gasteiger partial charge in [-0.1, -0.05) is 91.0 Å². The molecule has 4 aromatic rings. The largest absolute Gasteiger partial charge is 0.362 e. The number of nitrogens with one attached hydrogen (secondary N) is 1. The van der Waals surface area contributed by atoms with E-state index < -0.39 is 5.54 Å². The van der Waals surface area contributed by atoms with Crippen LogP contribution in [0.3, 0.4) is 0 Å². The average Bonchev–Trinajstić information content (AvgIpc) is 3.37. The van der Waals surface area contributed by atoms with Gasteiger partial charge in [0.05, 0.1) is 5.54 Å². The first kappa shape index (κ1) is 20.2. The van der Waals surface area contributed by atoms with Crippen molar-refractivity contribution in [3.05, 3.63) is 137 Å². The average molecular weight is 419 g/mol. The van der Waals surface area contributed by atoms with E-state index in [0.717, 1.165) is 11.3 Å². The summed E-state index contributed by atoms with van der Waals surface area (Å²) in [6.07, 6.45) is 4.39. The number of likely N-dealkylation sites (tertiary alicyclic amines) is 1. The molecule has 0 aliphatic carbocycles. The lowest BCUT2D eigenvalue weighted by Gasteiger charge is -2.47. The Morgan fingerprint density at radius 1 is 0.719 bits per heavy atom. The van der Waals surface area contributed by atoms with Gasteiger partial charge in [0.1, 0.15) is 0 Å². The van der Waals surface area contributed by atoms with Crippen LogP contribution >= 0.6 is 0 Å². The van der Waals surface area contributed by atoms with Crippen molar-refractivity contribution in [2.75, 3.05) is 13.1 Å². The highest BCUT2D eigenvalue weighted by molar-refractivity contribution is 6.00. The molecule has 0 bridgehead atoms. The van der Waals surface area contributed by atoms with Crippen LogP contribution in [0.5, 0.6) is 0 Å². The number of H-pyrrole nitrogens is 1. The molecule has 0 saturated carbocycles. The minimum atomic E-state index is -0.501. The second-order valence-corrected chi connectivity index (χ2v) is 8.20. The Hall–Kier alpha value is -3.69. The van der Waals surface area contributed by atoms with E-state index in [1.54, 1.807) is 0 Å². The van der Waals surface area contributed by atoms with E-state index in [4.69, 9.17) is 0 Å². The molecule has 1 aliphatic rings. The van der Waals surface area contributed by atoms with Crippen molar-refractivity contribution in [2.45, 2.75) is 12.0 Å². The number of hydrogen-bond acceptors (Lipinski definition) is 2. The fraction of sp³-hybridized carbons (Fsp3) is 0.138. The summed E-state index contributed by atoms with van der Waals surface area (Å²) in [4.78, 5) is 18.6. The summed E-state index contributed by atoms with van der Waals surface area (Å²) in [7, 11) is 0. The molecule has 0 unspecified atom stereocenters. The SMILES string of the molecule is O=C1CCN(C(c2ccccc2)(c2ccccc2)c2ccccc2)C/C1=C/c1ccc[nH]1. The van der Waals surface area contributed by atoms with Gasteiger partial charge < -0.3 is 4.98 Å². The first-order chi connectivity index (χ1) is 15.8. The third-order valence-electron chi connectivity index (χ3n) is 6.33. The molecule has 0 amide bonds. The molecule has 1 fully saturated rings. The summed E-state index contributed by atoms with van der Waals surface area (Å²) < 4.78 is 0. The second kappa shape index (κ2) is 8.81. The van der Waals surface area contributed by atoms with Crippen molar-refractivity contribution >= 4 is 11.9 Å². The van der Waals surface area contributed by atoms with Crippen LogP contribution in [0.4, 0.5) is 0 Å². The summed E-state index contributed by atoms with van der Waals surface area (Å²) in [6, 6.07) is 35.9. The van der Waals surface area contributed by atoms with E-state index in [-0.39, 0.29) is 5.78 Å². The fourth-order valence-electron chi connectivity index (χ4n) is 4.89. The van der Waals surface area contributed by atoms with Gasteiger partial charge in [-0.2, -0.15) is 0 Å². The second-order valence-electron chi connectivity index (χ2n) is 8.20. The third-order valence-corrected chi connectivity index (χ3v) is 6.33. The van der Waals surface area contributed by atoms with Crippen molar-refractivity contribution in [2.24, 2.45) is 0 Å². The van der Waals surface area contributed by atoms with Crippen molar-refractivity contribution in [3.8, 4) is 0 Å². The van der Waals surface area contributed by atoms with Gasteiger partial charge in [-0.25, -0.2) is 0 Å². The molecule has 3 nitrogen and oxygen atoms in total. The van der Waals surface area contributed by atoms with Gasteiger partial charge >= 0.3 is 0 Å². The van der Waals surface area contributed by atoms with Crippen LogP contribution in [0.15, 0.2) is 115 Å². The first-order valence-electron chi connectivity index (χ1n) is 11.1. The molecular formula is C29H26N2O. The minimum absolute atomic E-state index is 0.221. The Morgan fingerprint density at radius 2 is 1.25 bits per heavy atom. The Labute approximate surface area is 189 Å². The summed E-state index contributed by atoms with van der Waals surface area (Å²) in [5.41, 5.74) is 4.90. The van der Waals surface area contributed by atoms with Gasteiger partial charge in [-0.15, -0.1) is 0 Å². The zero-order valence-electron chi connectivity index (χ0n) is 17.9. The van der Waals surface area contributed by atoms with Crippen LogP contribution in [0.25, 0.3) is 6.08 Å². The number of aromatic nitrogens is 1. The number of carbonyl (C=O) groups is 1. The maximum atomic E-state index is 12.9.